The average molecular weight is 265 g/mol. The molecule has 2 nitrogen and oxygen atoms in total. The number of hydrogen-bond acceptors (Lipinski definition) is 2. The second kappa shape index (κ2) is 5.25. The van der Waals surface area contributed by atoms with Crippen LogP contribution in [0.2, 0.25) is 5.02 Å². The number of carbonyl (C=O) groups is 1. The van der Waals surface area contributed by atoms with Gasteiger partial charge >= 0.3 is 0 Å². The Morgan fingerprint density at radius 1 is 1.00 bits per heavy atom. The first-order chi connectivity index (χ1) is 8.22. The molecule has 0 N–H and O–H groups in total. The first-order valence-corrected chi connectivity index (χ1v) is 6.46. The molecule has 0 aliphatic rings. The van der Waals surface area contributed by atoms with Crippen molar-refractivity contribution in [3.8, 4) is 0 Å². The standard InChI is InChI=1S/C13H9ClO2S/c14-11-5-7-12(8-6-11)17(16)13-4-2-1-3-10(13)9-15/h1-9H. The van der Waals surface area contributed by atoms with Gasteiger partial charge in [0.2, 0.25) is 0 Å². The summed E-state index contributed by atoms with van der Waals surface area (Å²) in [4.78, 5) is 12.0. The molecule has 2 aromatic carbocycles. The Kier molecular flexibility index (Phi) is 3.71. The molecule has 0 spiro atoms. The smallest absolute Gasteiger partial charge is 0.151 e. The summed E-state index contributed by atoms with van der Waals surface area (Å²) in [7, 11) is -1.36. The van der Waals surface area contributed by atoms with Crippen molar-refractivity contribution in [2.24, 2.45) is 0 Å². The van der Waals surface area contributed by atoms with Gasteiger partial charge in [0.25, 0.3) is 0 Å². The zero-order chi connectivity index (χ0) is 12.3. The quantitative estimate of drug-likeness (QED) is 0.797. The highest BCUT2D eigenvalue weighted by molar-refractivity contribution is 7.85. The second-order valence-electron chi connectivity index (χ2n) is 3.38. The molecule has 0 saturated carbocycles. The fourth-order valence-corrected chi connectivity index (χ4v) is 2.73. The molecule has 86 valence electrons. The summed E-state index contributed by atoms with van der Waals surface area (Å²) in [6, 6.07) is 13.6. The van der Waals surface area contributed by atoms with Crippen LogP contribution in [0.25, 0.3) is 0 Å². The van der Waals surface area contributed by atoms with Gasteiger partial charge in [-0.1, -0.05) is 29.8 Å². The SMILES string of the molecule is O=Cc1ccccc1S(=O)c1ccc(Cl)cc1. The third-order valence-corrected chi connectivity index (χ3v) is 4.00. The van der Waals surface area contributed by atoms with Gasteiger partial charge in [-0.15, -0.1) is 0 Å². The molecule has 0 amide bonds. The molecular weight excluding hydrogens is 256 g/mol. The molecule has 0 radical (unpaired) electrons. The maximum absolute atomic E-state index is 12.2. The van der Waals surface area contributed by atoms with Crippen LogP contribution < -0.4 is 0 Å². The molecule has 1 atom stereocenters. The fourth-order valence-electron chi connectivity index (χ4n) is 1.43. The molecule has 17 heavy (non-hydrogen) atoms. The predicted octanol–water partition coefficient (Wildman–Crippen LogP) is 3.32. The van der Waals surface area contributed by atoms with E-state index in [1.165, 1.54) is 0 Å². The molecular formula is C13H9ClO2S. The molecule has 0 fully saturated rings. The van der Waals surface area contributed by atoms with Crippen LogP contribution in [0.1, 0.15) is 10.4 Å². The van der Waals surface area contributed by atoms with E-state index in [9.17, 15) is 9.00 Å². The van der Waals surface area contributed by atoms with Crippen LogP contribution in [-0.2, 0) is 10.8 Å². The van der Waals surface area contributed by atoms with Crippen molar-refractivity contribution >= 4 is 28.7 Å². The van der Waals surface area contributed by atoms with Crippen molar-refractivity contribution in [2.45, 2.75) is 9.79 Å². The van der Waals surface area contributed by atoms with Crippen molar-refractivity contribution in [3.63, 3.8) is 0 Å². The monoisotopic (exact) mass is 264 g/mol. The molecule has 2 aromatic rings. The Hall–Kier alpha value is -1.45. The number of benzene rings is 2. The molecule has 0 saturated heterocycles. The summed E-state index contributed by atoms with van der Waals surface area (Å²) in [5.41, 5.74) is 0.445. The van der Waals surface area contributed by atoms with Crippen LogP contribution in [0.4, 0.5) is 0 Å². The van der Waals surface area contributed by atoms with E-state index in [1.54, 1.807) is 48.5 Å². The molecule has 1 unspecified atom stereocenters. The van der Waals surface area contributed by atoms with E-state index in [-0.39, 0.29) is 0 Å². The first kappa shape index (κ1) is 12.0. The van der Waals surface area contributed by atoms with Crippen molar-refractivity contribution in [2.75, 3.05) is 0 Å². The summed E-state index contributed by atoms with van der Waals surface area (Å²) in [5, 5.41) is 0.592. The lowest BCUT2D eigenvalue weighted by atomic mass is 10.2. The summed E-state index contributed by atoms with van der Waals surface area (Å²) < 4.78 is 12.2. The van der Waals surface area contributed by atoms with Crippen LogP contribution in [0.15, 0.2) is 58.3 Å². The minimum absolute atomic E-state index is 0.445. The van der Waals surface area contributed by atoms with Gasteiger partial charge in [-0.25, -0.2) is 4.21 Å². The van der Waals surface area contributed by atoms with E-state index in [2.05, 4.69) is 0 Å². The summed E-state index contributed by atoms with van der Waals surface area (Å²) in [6.07, 6.45) is 0.711. The lowest BCUT2D eigenvalue weighted by Gasteiger charge is -2.04. The van der Waals surface area contributed by atoms with Crippen molar-refractivity contribution in [1.29, 1.82) is 0 Å². The number of aldehydes is 1. The Bertz CT molecular complexity index is 564. The highest BCUT2D eigenvalue weighted by atomic mass is 35.5. The van der Waals surface area contributed by atoms with Gasteiger partial charge in [0.1, 0.15) is 0 Å². The summed E-state index contributed by atoms with van der Waals surface area (Å²) in [6.45, 7) is 0. The van der Waals surface area contributed by atoms with E-state index in [0.717, 1.165) is 0 Å². The Labute approximate surface area is 107 Å². The molecule has 0 bridgehead atoms. The maximum atomic E-state index is 12.2. The van der Waals surface area contributed by atoms with E-state index >= 15 is 0 Å². The third kappa shape index (κ3) is 2.62. The van der Waals surface area contributed by atoms with E-state index in [4.69, 9.17) is 11.6 Å². The van der Waals surface area contributed by atoms with E-state index in [0.29, 0.717) is 26.7 Å². The minimum Gasteiger partial charge on any atom is -0.298 e. The second-order valence-corrected chi connectivity index (χ2v) is 5.26. The number of halogens is 1. The Morgan fingerprint density at radius 2 is 1.65 bits per heavy atom. The van der Waals surface area contributed by atoms with Gasteiger partial charge in [0.15, 0.2) is 6.29 Å². The first-order valence-electron chi connectivity index (χ1n) is 4.94. The van der Waals surface area contributed by atoms with Gasteiger partial charge in [-0.05, 0) is 30.3 Å². The topological polar surface area (TPSA) is 34.1 Å². The van der Waals surface area contributed by atoms with Crippen molar-refractivity contribution < 1.29 is 9.00 Å². The van der Waals surface area contributed by atoms with Crippen LogP contribution in [0.5, 0.6) is 0 Å². The molecule has 0 aromatic heterocycles. The lowest BCUT2D eigenvalue weighted by molar-refractivity contribution is 0.112. The van der Waals surface area contributed by atoms with Crippen molar-refractivity contribution in [3.05, 3.63) is 59.1 Å². The minimum atomic E-state index is -1.36. The predicted molar refractivity (Wildman–Crippen MR) is 68.0 cm³/mol. The molecule has 0 heterocycles. The number of rotatable bonds is 3. The van der Waals surface area contributed by atoms with Gasteiger partial charge in [-0.3, -0.25) is 4.79 Å². The highest BCUT2D eigenvalue weighted by Gasteiger charge is 2.10. The molecule has 0 aliphatic heterocycles. The van der Waals surface area contributed by atoms with Crippen LogP contribution in [-0.4, -0.2) is 10.5 Å². The van der Waals surface area contributed by atoms with Gasteiger partial charge in [0.05, 0.1) is 15.7 Å². The molecule has 4 heteroatoms. The highest BCUT2D eigenvalue weighted by Crippen LogP contribution is 2.20. The number of carbonyl (C=O) groups excluding carboxylic acids is 1. The fraction of sp³-hybridized carbons (Fsp3) is 0. The summed E-state index contributed by atoms with van der Waals surface area (Å²) in [5.74, 6) is 0. The zero-order valence-electron chi connectivity index (χ0n) is 8.80. The Morgan fingerprint density at radius 3 is 2.29 bits per heavy atom. The Balaban J connectivity index is 2.43. The molecule has 2 rings (SSSR count). The van der Waals surface area contributed by atoms with Gasteiger partial charge in [0, 0.05) is 15.5 Å². The van der Waals surface area contributed by atoms with Gasteiger partial charge < -0.3 is 0 Å². The zero-order valence-corrected chi connectivity index (χ0v) is 10.4. The molecule has 0 aliphatic carbocycles. The van der Waals surface area contributed by atoms with E-state index in [1.807, 2.05) is 0 Å². The normalized spacial score (nSPS) is 12.1. The van der Waals surface area contributed by atoms with Crippen molar-refractivity contribution in [1.82, 2.24) is 0 Å². The lowest BCUT2D eigenvalue weighted by Crippen LogP contribution is -1.97. The van der Waals surface area contributed by atoms with Crippen LogP contribution in [0.3, 0.4) is 0 Å². The number of hydrogen-bond donors (Lipinski definition) is 0. The largest absolute Gasteiger partial charge is 0.298 e. The van der Waals surface area contributed by atoms with Gasteiger partial charge in [-0.2, -0.15) is 0 Å². The van der Waals surface area contributed by atoms with Crippen LogP contribution in [0, 0.1) is 0 Å². The average Bonchev–Trinajstić information content (AvgIpc) is 2.39. The van der Waals surface area contributed by atoms with E-state index < -0.39 is 10.8 Å². The third-order valence-electron chi connectivity index (χ3n) is 2.27. The maximum Gasteiger partial charge on any atom is 0.151 e. The summed E-state index contributed by atoms with van der Waals surface area (Å²) >= 11 is 5.77. The van der Waals surface area contributed by atoms with Crippen LogP contribution >= 0.6 is 11.6 Å².